The summed E-state index contributed by atoms with van der Waals surface area (Å²) in [4.78, 5) is 5.26. The number of hydrogen-bond donors (Lipinski definition) is 0. The van der Waals surface area contributed by atoms with E-state index in [1.54, 1.807) is 0 Å². The molecule has 0 bridgehead atoms. The molecule has 0 atom stereocenters. The van der Waals surface area contributed by atoms with Crippen molar-refractivity contribution in [1.29, 1.82) is 0 Å². The number of para-hydroxylation sites is 2. The van der Waals surface area contributed by atoms with E-state index < -0.39 is 8.07 Å². The van der Waals surface area contributed by atoms with Gasteiger partial charge < -0.3 is 14.4 Å². The summed E-state index contributed by atoms with van der Waals surface area (Å²) in [5.74, 6) is 0. The summed E-state index contributed by atoms with van der Waals surface area (Å²) >= 11 is 0. The second-order valence-electron chi connectivity index (χ2n) is 26.8. The van der Waals surface area contributed by atoms with Gasteiger partial charge in [0.05, 0.1) is 22.4 Å². The minimum Gasteiger partial charge on any atom is -0.311 e. The maximum Gasteiger partial charge on any atom is 0.252 e. The first-order valence-corrected chi connectivity index (χ1v) is 34.1. The molecule has 0 spiro atoms. The zero-order valence-corrected chi connectivity index (χ0v) is 53.4. The van der Waals surface area contributed by atoms with Gasteiger partial charge in [0.15, 0.2) is 8.07 Å². The van der Waals surface area contributed by atoms with Crippen LogP contribution in [0.2, 0.25) is 0 Å². The quantitative estimate of drug-likeness (QED) is 0.0999. The van der Waals surface area contributed by atoms with Gasteiger partial charge in [0.25, 0.3) is 6.71 Å². The Morgan fingerprint density at radius 3 is 1.23 bits per heavy atom. The molecule has 14 aromatic rings. The van der Waals surface area contributed by atoms with Gasteiger partial charge in [0.2, 0.25) is 0 Å². The lowest BCUT2D eigenvalue weighted by molar-refractivity contribution is 0.590. The Bertz CT molecular complexity index is 4840. The number of aromatic nitrogens is 1. The zero-order valence-electron chi connectivity index (χ0n) is 52.4. The number of hydrogen-bond acceptors (Lipinski definition) is 2. The molecule has 91 heavy (non-hydrogen) atoms. The number of fused-ring (bicyclic) bond motifs is 7. The Morgan fingerprint density at radius 2 is 0.725 bits per heavy atom. The lowest BCUT2D eigenvalue weighted by Gasteiger charge is -2.46. The van der Waals surface area contributed by atoms with Crippen LogP contribution in [-0.2, 0) is 10.8 Å². The van der Waals surface area contributed by atoms with Gasteiger partial charge in [-0.15, -0.1) is 0 Å². The Labute approximate surface area is 536 Å². The van der Waals surface area contributed by atoms with E-state index in [0.29, 0.717) is 0 Å². The van der Waals surface area contributed by atoms with Crippen molar-refractivity contribution in [3.63, 3.8) is 0 Å². The van der Waals surface area contributed by atoms with Crippen molar-refractivity contribution < 1.29 is 0 Å². The van der Waals surface area contributed by atoms with Crippen molar-refractivity contribution in [2.24, 2.45) is 0 Å². The molecule has 1 aromatic heterocycles. The standard InChI is InChI=1S/C86H70BN3Si/c1-85(2,3)62-47-52-77-72(55-62)73-56-63(86(4,5)6)48-53-78(73)88(77)64-49-51-74-82(57-64)90(84-70(60-31-15-8-16-32-60)42-27-43-71(84)61-33-17-9-18-34-61)81-46-28-45-80-83(81)87(74)75-58-68(50-54-79(75)89(80)76-44-26-25-41-69(76)59-29-13-7-14-30-59)91(65-35-19-10-20-36-65,66-37-21-11-22-38-66)67-39-23-12-24-40-67/h7-58H,1-6H3. The molecular formula is C86H70BN3Si. The average Bonchev–Trinajstić information content (AvgIpc) is 0.758. The van der Waals surface area contributed by atoms with Crippen LogP contribution in [0, 0.1) is 0 Å². The van der Waals surface area contributed by atoms with E-state index in [2.05, 4.69) is 371 Å². The van der Waals surface area contributed by atoms with Crippen LogP contribution in [0.25, 0.3) is 60.9 Å². The van der Waals surface area contributed by atoms with Crippen LogP contribution >= 0.6 is 0 Å². The van der Waals surface area contributed by atoms with Gasteiger partial charge in [-0.2, -0.15) is 0 Å². The monoisotopic (exact) mass is 1180 g/mol. The van der Waals surface area contributed by atoms with Crippen LogP contribution in [0.4, 0.5) is 34.1 Å². The summed E-state index contributed by atoms with van der Waals surface area (Å²) in [6.07, 6.45) is 0. The number of benzene rings is 13. The molecular weight excluding hydrogens is 1110 g/mol. The molecule has 436 valence electrons. The maximum atomic E-state index is 2.66. The Morgan fingerprint density at radius 1 is 0.297 bits per heavy atom. The first-order valence-electron chi connectivity index (χ1n) is 32.1. The molecule has 0 fully saturated rings. The Hall–Kier alpha value is -10.5. The van der Waals surface area contributed by atoms with Crippen molar-refractivity contribution >= 4 is 108 Å². The maximum absolute atomic E-state index is 3.06. The van der Waals surface area contributed by atoms with Crippen LogP contribution in [0.1, 0.15) is 52.7 Å². The van der Waals surface area contributed by atoms with Gasteiger partial charge in [-0.1, -0.05) is 296 Å². The largest absolute Gasteiger partial charge is 0.311 e. The molecule has 0 N–H and O–H groups in total. The minimum absolute atomic E-state index is 0.0355. The molecule has 0 aliphatic carbocycles. The third-order valence-corrected chi connectivity index (χ3v) is 24.2. The topological polar surface area (TPSA) is 11.4 Å². The SMILES string of the molecule is CC(C)(C)c1ccc2c(c1)c1cc(C(C)(C)C)ccc1n2-c1ccc2c(c1)N(c1c(-c3ccccc3)cccc1-c1ccccc1)c1cccc3c1B2c1cc([Si](c2ccccc2)(c2ccccc2)c2ccccc2)ccc1N3c1ccccc1-c1ccccc1. The number of rotatable bonds is 10. The van der Waals surface area contributed by atoms with Gasteiger partial charge in [-0.3, -0.25) is 0 Å². The van der Waals surface area contributed by atoms with E-state index in [0.717, 1.165) is 56.4 Å². The molecule has 2 aliphatic heterocycles. The highest BCUT2D eigenvalue weighted by atomic mass is 28.3. The van der Waals surface area contributed by atoms with Crippen LogP contribution in [0.15, 0.2) is 315 Å². The molecule has 0 saturated carbocycles. The summed E-state index contributed by atoms with van der Waals surface area (Å²) in [6, 6.07) is 120. The lowest BCUT2D eigenvalue weighted by atomic mass is 9.33. The van der Waals surface area contributed by atoms with Gasteiger partial charge in [0.1, 0.15) is 0 Å². The fraction of sp³-hybridized carbons (Fsp3) is 0.0930. The zero-order chi connectivity index (χ0) is 61.6. The molecule has 5 heteroatoms. The number of anilines is 6. The molecule has 0 radical (unpaired) electrons. The highest BCUT2D eigenvalue weighted by molar-refractivity contribution is 7.20. The molecule has 3 nitrogen and oxygen atoms in total. The first kappa shape index (κ1) is 55.8. The van der Waals surface area contributed by atoms with Crippen LogP contribution in [0.3, 0.4) is 0 Å². The summed E-state index contributed by atoms with van der Waals surface area (Å²) in [5, 5.41) is 7.91. The van der Waals surface area contributed by atoms with E-state index >= 15 is 0 Å². The smallest absolute Gasteiger partial charge is 0.252 e. The second kappa shape index (κ2) is 21.9. The highest BCUT2D eigenvalue weighted by Crippen LogP contribution is 2.51. The normalized spacial score (nSPS) is 12.9. The molecule has 2 aliphatic rings. The molecule has 13 aromatic carbocycles. The van der Waals surface area contributed by atoms with Gasteiger partial charge in [-0.25, -0.2) is 0 Å². The highest BCUT2D eigenvalue weighted by Gasteiger charge is 2.47. The minimum atomic E-state index is -3.06. The van der Waals surface area contributed by atoms with E-state index in [4.69, 9.17) is 0 Å². The third-order valence-electron chi connectivity index (χ3n) is 19.4. The first-order chi connectivity index (χ1) is 44.4. The predicted octanol–water partition coefficient (Wildman–Crippen LogP) is 17.8. The average molecular weight is 1180 g/mol. The Balaban J connectivity index is 1.05. The summed E-state index contributed by atoms with van der Waals surface area (Å²) in [6.45, 7) is 13.8. The van der Waals surface area contributed by atoms with E-state index in [1.165, 1.54) is 86.9 Å². The molecule has 3 heterocycles. The van der Waals surface area contributed by atoms with Crippen molar-refractivity contribution in [1.82, 2.24) is 4.57 Å². The summed E-state index contributed by atoms with van der Waals surface area (Å²) in [5.41, 5.74) is 23.7. The molecule has 0 amide bonds. The summed E-state index contributed by atoms with van der Waals surface area (Å²) < 4.78 is 2.55. The van der Waals surface area contributed by atoms with Gasteiger partial charge >= 0.3 is 0 Å². The van der Waals surface area contributed by atoms with Crippen LogP contribution < -0.4 is 46.9 Å². The van der Waals surface area contributed by atoms with Crippen molar-refractivity contribution in [2.75, 3.05) is 9.80 Å². The predicted molar refractivity (Wildman–Crippen MR) is 392 cm³/mol. The van der Waals surface area contributed by atoms with Crippen molar-refractivity contribution in [3.8, 4) is 39.1 Å². The number of nitrogens with zero attached hydrogens (tertiary/aromatic N) is 3. The molecule has 0 saturated heterocycles. The van der Waals surface area contributed by atoms with Crippen LogP contribution in [0.5, 0.6) is 0 Å². The van der Waals surface area contributed by atoms with E-state index in [9.17, 15) is 0 Å². The van der Waals surface area contributed by atoms with E-state index in [-0.39, 0.29) is 17.5 Å². The fourth-order valence-corrected chi connectivity index (χ4v) is 19.9. The van der Waals surface area contributed by atoms with E-state index in [1.807, 2.05) is 0 Å². The lowest BCUT2D eigenvalue weighted by Crippen LogP contribution is -2.75. The molecule has 16 rings (SSSR count). The summed E-state index contributed by atoms with van der Waals surface area (Å²) in [7, 11) is -3.06. The third kappa shape index (κ3) is 9.16. The second-order valence-corrected chi connectivity index (χ2v) is 30.6. The Kier molecular flexibility index (Phi) is 13.5. The van der Waals surface area contributed by atoms with Crippen LogP contribution in [-0.4, -0.2) is 19.4 Å². The van der Waals surface area contributed by atoms with Gasteiger partial charge in [-0.05, 0) is 136 Å². The fourth-order valence-electron chi connectivity index (χ4n) is 15.1. The molecule has 0 unspecified atom stereocenters. The van der Waals surface area contributed by atoms with Gasteiger partial charge in [0, 0.05) is 55.9 Å². The van der Waals surface area contributed by atoms with Crippen molar-refractivity contribution in [2.45, 2.75) is 52.4 Å². The van der Waals surface area contributed by atoms with Crippen molar-refractivity contribution in [3.05, 3.63) is 327 Å².